The van der Waals surface area contributed by atoms with Gasteiger partial charge < -0.3 is 5.32 Å². The minimum absolute atomic E-state index is 0.0272. The molecule has 2 aromatic rings. The first-order valence-corrected chi connectivity index (χ1v) is 8.26. The molecule has 0 unspecified atom stereocenters. The first-order chi connectivity index (χ1) is 10.1. The summed E-state index contributed by atoms with van der Waals surface area (Å²) in [6.45, 7) is 4.55. The van der Waals surface area contributed by atoms with Gasteiger partial charge in [0.25, 0.3) is 5.91 Å². The van der Waals surface area contributed by atoms with Crippen LogP contribution in [0.5, 0.6) is 0 Å². The smallest absolute Gasteiger partial charge is 0.251 e. The maximum absolute atomic E-state index is 12.1. The molecule has 1 heterocycles. The normalized spacial score (nSPS) is 14.8. The molecule has 110 valence electrons. The Labute approximate surface area is 129 Å². The van der Waals surface area contributed by atoms with Crippen molar-refractivity contribution >= 4 is 17.2 Å². The zero-order valence-corrected chi connectivity index (χ0v) is 13.3. The predicted molar refractivity (Wildman–Crippen MR) is 85.8 cm³/mol. The van der Waals surface area contributed by atoms with Crippen LogP contribution >= 0.6 is 11.3 Å². The number of hydrogen-bond acceptors (Lipinski definition) is 3. The molecule has 0 atom stereocenters. The van der Waals surface area contributed by atoms with Gasteiger partial charge in [-0.3, -0.25) is 4.79 Å². The van der Waals surface area contributed by atoms with Crippen molar-refractivity contribution in [1.82, 2.24) is 10.3 Å². The van der Waals surface area contributed by atoms with Gasteiger partial charge in [0, 0.05) is 10.4 Å². The van der Waals surface area contributed by atoms with Gasteiger partial charge in [0.15, 0.2) is 0 Å². The molecule has 0 aliphatic heterocycles. The van der Waals surface area contributed by atoms with Gasteiger partial charge in [-0.1, -0.05) is 18.6 Å². The van der Waals surface area contributed by atoms with Gasteiger partial charge in [0.05, 0.1) is 12.2 Å². The van der Waals surface area contributed by atoms with Crippen molar-refractivity contribution in [1.29, 1.82) is 0 Å². The molecule has 0 bridgehead atoms. The Kier molecular flexibility index (Phi) is 4.06. The fraction of sp³-hybridized carbons (Fsp3) is 0.412. The predicted octanol–water partition coefficient (Wildman–Crippen LogP) is 3.96. The van der Waals surface area contributed by atoms with Crippen LogP contribution in [0.1, 0.15) is 56.7 Å². The van der Waals surface area contributed by atoms with E-state index in [2.05, 4.69) is 29.4 Å². The molecule has 21 heavy (non-hydrogen) atoms. The standard InChI is InChI=1S/C17H20N2OS/c1-11-12(2)21-16(19-11)10-18-17(20)15-8-6-14(7-9-15)13-4-3-5-13/h6-9,13H,3-5,10H2,1-2H3,(H,18,20). The number of amides is 1. The SMILES string of the molecule is Cc1nc(CNC(=O)c2ccc(C3CCC3)cc2)sc1C. The van der Waals surface area contributed by atoms with E-state index in [9.17, 15) is 4.79 Å². The fourth-order valence-corrected chi connectivity index (χ4v) is 3.39. The van der Waals surface area contributed by atoms with Gasteiger partial charge >= 0.3 is 0 Å². The summed E-state index contributed by atoms with van der Waals surface area (Å²) in [5.41, 5.74) is 3.14. The monoisotopic (exact) mass is 300 g/mol. The number of aromatic nitrogens is 1. The average Bonchev–Trinajstić information content (AvgIpc) is 2.74. The van der Waals surface area contributed by atoms with E-state index in [1.54, 1.807) is 11.3 Å². The van der Waals surface area contributed by atoms with E-state index in [4.69, 9.17) is 0 Å². The quantitative estimate of drug-likeness (QED) is 0.928. The Morgan fingerprint density at radius 1 is 1.29 bits per heavy atom. The molecule has 3 nitrogen and oxygen atoms in total. The molecule has 3 rings (SSSR count). The second-order valence-corrected chi connectivity index (χ2v) is 6.97. The molecule has 1 N–H and O–H groups in total. The summed E-state index contributed by atoms with van der Waals surface area (Å²) < 4.78 is 0. The summed E-state index contributed by atoms with van der Waals surface area (Å²) in [6.07, 6.45) is 3.90. The van der Waals surface area contributed by atoms with Crippen LogP contribution in [0.3, 0.4) is 0 Å². The third-order valence-electron chi connectivity index (χ3n) is 4.22. The van der Waals surface area contributed by atoms with Crippen LogP contribution in [0.25, 0.3) is 0 Å². The van der Waals surface area contributed by atoms with Gasteiger partial charge in [0.2, 0.25) is 0 Å². The number of carbonyl (C=O) groups is 1. The molecule has 0 radical (unpaired) electrons. The summed E-state index contributed by atoms with van der Waals surface area (Å²) in [5.74, 6) is 0.684. The van der Waals surface area contributed by atoms with Crippen LogP contribution in [-0.2, 0) is 6.54 Å². The van der Waals surface area contributed by atoms with Crippen molar-refractivity contribution in [3.05, 3.63) is 51.0 Å². The van der Waals surface area contributed by atoms with E-state index in [-0.39, 0.29) is 5.91 Å². The van der Waals surface area contributed by atoms with E-state index < -0.39 is 0 Å². The Morgan fingerprint density at radius 2 is 2.00 bits per heavy atom. The highest BCUT2D eigenvalue weighted by atomic mass is 32.1. The molecule has 1 aliphatic carbocycles. The minimum atomic E-state index is -0.0272. The molecule has 0 spiro atoms. The zero-order chi connectivity index (χ0) is 14.8. The maximum Gasteiger partial charge on any atom is 0.251 e. The maximum atomic E-state index is 12.1. The van der Waals surface area contributed by atoms with Crippen LogP contribution in [0.4, 0.5) is 0 Å². The molecular weight excluding hydrogens is 280 g/mol. The first-order valence-electron chi connectivity index (χ1n) is 7.44. The first kappa shape index (κ1) is 14.3. The topological polar surface area (TPSA) is 42.0 Å². The summed E-state index contributed by atoms with van der Waals surface area (Å²) >= 11 is 1.64. The van der Waals surface area contributed by atoms with Crippen LogP contribution in [-0.4, -0.2) is 10.9 Å². The van der Waals surface area contributed by atoms with E-state index in [1.165, 1.54) is 29.7 Å². The van der Waals surface area contributed by atoms with Gasteiger partial charge in [-0.25, -0.2) is 4.98 Å². The zero-order valence-electron chi connectivity index (χ0n) is 12.5. The number of hydrogen-bond donors (Lipinski definition) is 1. The Morgan fingerprint density at radius 3 is 2.52 bits per heavy atom. The van der Waals surface area contributed by atoms with Gasteiger partial charge in [0.1, 0.15) is 5.01 Å². The highest BCUT2D eigenvalue weighted by Gasteiger charge is 2.19. The molecule has 1 aliphatic rings. The third kappa shape index (κ3) is 3.16. The van der Waals surface area contributed by atoms with Gasteiger partial charge in [-0.2, -0.15) is 0 Å². The Balaban J connectivity index is 1.59. The summed E-state index contributed by atoms with van der Waals surface area (Å²) in [7, 11) is 0. The second-order valence-electron chi connectivity index (χ2n) is 5.68. The largest absolute Gasteiger partial charge is 0.346 e. The minimum Gasteiger partial charge on any atom is -0.346 e. The molecule has 1 fully saturated rings. The van der Waals surface area contributed by atoms with Crippen molar-refractivity contribution in [2.45, 2.75) is 45.6 Å². The molecule has 1 saturated carbocycles. The van der Waals surface area contributed by atoms with Crippen LogP contribution < -0.4 is 5.32 Å². The summed E-state index contributed by atoms with van der Waals surface area (Å²) in [5, 5.41) is 3.90. The number of aryl methyl sites for hydroxylation is 2. The molecule has 4 heteroatoms. The number of benzene rings is 1. The Hall–Kier alpha value is -1.68. The molecule has 0 saturated heterocycles. The Bertz CT molecular complexity index is 622. The van der Waals surface area contributed by atoms with Crippen molar-refractivity contribution < 1.29 is 4.79 Å². The molecular formula is C17H20N2OS. The van der Waals surface area contributed by atoms with Crippen LogP contribution in [0.15, 0.2) is 24.3 Å². The highest BCUT2D eigenvalue weighted by Crippen LogP contribution is 2.36. The number of nitrogens with one attached hydrogen (secondary N) is 1. The lowest BCUT2D eigenvalue weighted by Crippen LogP contribution is -2.22. The van der Waals surface area contributed by atoms with E-state index in [1.807, 2.05) is 19.1 Å². The fourth-order valence-electron chi connectivity index (χ4n) is 2.52. The van der Waals surface area contributed by atoms with Gasteiger partial charge in [-0.15, -0.1) is 11.3 Å². The van der Waals surface area contributed by atoms with Crippen molar-refractivity contribution in [2.75, 3.05) is 0 Å². The third-order valence-corrected chi connectivity index (χ3v) is 5.30. The second kappa shape index (κ2) is 5.98. The van der Waals surface area contributed by atoms with Crippen molar-refractivity contribution in [3.63, 3.8) is 0 Å². The summed E-state index contributed by atoms with van der Waals surface area (Å²) in [6, 6.07) is 8.05. The number of rotatable bonds is 4. The lowest BCUT2D eigenvalue weighted by Gasteiger charge is -2.25. The number of thiazole rings is 1. The summed E-state index contributed by atoms with van der Waals surface area (Å²) in [4.78, 5) is 17.8. The highest BCUT2D eigenvalue weighted by molar-refractivity contribution is 7.11. The molecule has 1 amide bonds. The van der Waals surface area contributed by atoms with Crippen molar-refractivity contribution in [2.24, 2.45) is 0 Å². The average molecular weight is 300 g/mol. The lowest BCUT2D eigenvalue weighted by atomic mass is 9.80. The number of nitrogens with zero attached hydrogens (tertiary/aromatic N) is 1. The molecule has 1 aromatic heterocycles. The lowest BCUT2D eigenvalue weighted by molar-refractivity contribution is 0.0951. The van der Waals surface area contributed by atoms with E-state index in [0.717, 1.165) is 16.3 Å². The van der Waals surface area contributed by atoms with Crippen LogP contribution in [0, 0.1) is 13.8 Å². The molecule has 1 aromatic carbocycles. The van der Waals surface area contributed by atoms with Crippen LogP contribution in [0.2, 0.25) is 0 Å². The number of carbonyl (C=O) groups excluding carboxylic acids is 1. The van der Waals surface area contributed by atoms with E-state index >= 15 is 0 Å². The van der Waals surface area contributed by atoms with E-state index in [0.29, 0.717) is 12.5 Å². The van der Waals surface area contributed by atoms with Crippen molar-refractivity contribution in [3.8, 4) is 0 Å². The van der Waals surface area contributed by atoms with Gasteiger partial charge in [-0.05, 0) is 50.3 Å².